The van der Waals surface area contributed by atoms with Gasteiger partial charge in [-0.15, -0.1) is 0 Å². The van der Waals surface area contributed by atoms with Gasteiger partial charge >= 0.3 is 0 Å². The average Bonchev–Trinajstić information content (AvgIpc) is 2.39. The van der Waals surface area contributed by atoms with Gasteiger partial charge in [0.05, 0.1) is 25.9 Å². The van der Waals surface area contributed by atoms with E-state index in [2.05, 4.69) is 35.1 Å². The summed E-state index contributed by atoms with van der Waals surface area (Å²) in [6.07, 6.45) is 0. The second-order valence-electron chi connectivity index (χ2n) is 4.96. The number of halogens is 1. The number of likely N-dealkylation sites (N-methyl/N-ethyl adjacent to an activating group) is 1. The fourth-order valence-corrected chi connectivity index (χ4v) is 3.16. The molecule has 1 rings (SSSR count). The zero-order chi connectivity index (χ0) is 15.3. The Hall–Kier alpha value is -0.780. The number of hydrogen-bond donors (Lipinski definition) is 1. The van der Waals surface area contributed by atoms with Crippen LogP contribution in [0.5, 0.6) is 11.5 Å². The van der Waals surface area contributed by atoms with E-state index in [4.69, 9.17) is 14.2 Å². The molecule has 0 fully saturated rings. The lowest BCUT2D eigenvalue weighted by atomic mass is 9.91. The van der Waals surface area contributed by atoms with Crippen LogP contribution >= 0.6 is 15.9 Å². The zero-order valence-corrected chi connectivity index (χ0v) is 14.6. The normalized spacial score (nSPS) is 13.2. The SMILES string of the molecule is CCOC(C)(C)C(NC)c1ccc(OC)c(Br)c1OC. The molecule has 1 aromatic rings. The van der Waals surface area contributed by atoms with Gasteiger partial charge in [0, 0.05) is 12.2 Å². The molecule has 5 heteroatoms. The lowest BCUT2D eigenvalue weighted by molar-refractivity contribution is -0.0379. The van der Waals surface area contributed by atoms with Crippen LogP contribution in [0.15, 0.2) is 16.6 Å². The Balaban J connectivity index is 3.32. The summed E-state index contributed by atoms with van der Waals surface area (Å²) < 4.78 is 17.5. The fourth-order valence-electron chi connectivity index (χ4n) is 2.48. The molecule has 0 aliphatic rings. The van der Waals surface area contributed by atoms with Crippen LogP contribution in [0.4, 0.5) is 0 Å². The molecule has 0 amide bonds. The molecule has 1 unspecified atom stereocenters. The van der Waals surface area contributed by atoms with Crippen molar-refractivity contribution in [3.63, 3.8) is 0 Å². The van der Waals surface area contributed by atoms with Crippen molar-refractivity contribution in [1.29, 1.82) is 0 Å². The summed E-state index contributed by atoms with van der Waals surface area (Å²) in [5, 5.41) is 3.32. The first-order valence-corrected chi connectivity index (χ1v) is 7.43. The van der Waals surface area contributed by atoms with Crippen LogP contribution in [0.3, 0.4) is 0 Å². The third kappa shape index (κ3) is 3.45. The van der Waals surface area contributed by atoms with Gasteiger partial charge in [-0.2, -0.15) is 0 Å². The van der Waals surface area contributed by atoms with Crippen molar-refractivity contribution in [2.75, 3.05) is 27.9 Å². The van der Waals surface area contributed by atoms with Gasteiger partial charge in [0.2, 0.25) is 0 Å². The van der Waals surface area contributed by atoms with E-state index in [1.165, 1.54) is 0 Å². The largest absolute Gasteiger partial charge is 0.495 e. The summed E-state index contributed by atoms with van der Waals surface area (Å²) in [5.41, 5.74) is 0.672. The molecule has 1 N–H and O–H groups in total. The van der Waals surface area contributed by atoms with E-state index in [1.54, 1.807) is 14.2 Å². The minimum Gasteiger partial charge on any atom is -0.495 e. The number of ether oxygens (including phenoxy) is 3. The Morgan fingerprint density at radius 3 is 2.35 bits per heavy atom. The smallest absolute Gasteiger partial charge is 0.141 e. The van der Waals surface area contributed by atoms with Crippen molar-refractivity contribution in [3.8, 4) is 11.5 Å². The Morgan fingerprint density at radius 2 is 1.90 bits per heavy atom. The van der Waals surface area contributed by atoms with Crippen molar-refractivity contribution in [3.05, 3.63) is 22.2 Å². The summed E-state index contributed by atoms with van der Waals surface area (Å²) >= 11 is 3.54. The number of benzene rings is 1. The van der Waals surface area contributed by atoms with Gasteiger partial charge in [-0.25, -0.2) is 0 Å². The van der Waals surface area contributed by atoms with Crippen LogP contribution in [0, 0.1) is 0 Å². The van der Waals surface area contributed by atoms with Crippen LogP contribution in [-0.4, -0.2) is 33.5 Å². The van der Waals surface area contributed by atoms with E-state index >= 15 is 0 Å². The third-order valence-corrected chi connectivity index (χ3v) is 4.08. The predicted molar refractivity (Wildman–Crippen MR) is 84.8 cm³/mol. The highest BCUT2D eigenvalue weighted by Gasteiger charge is 2.33. The van der Waals surface area contributed by atoms with Gasteiger partial charge in [-0.3, -0.25) is 0 Å². The fraction of sp³-hybridized carbons (Fsp3) is 0.600. The monoisotopic (exact) mass is 345 g/mol. The Labute approximate surface area is 129 Å². The first-order valence-electron chi connectivity index (χ1n) is 6.64. The Kier molecular flexibility index (Phi) is 6.30. The molecule has 0 aliphatic carbocycles. The van der Waals surface area contributed by atoms with Crippen molar-refractivity contribution in [1.82, 2.24) is 5.32 Å². The molecule has 1 aromatic carbocycles. The first kappa shape index (κ1) is 17.3. The van der Waals surface area contributed by atoms with Crippen molar-refractivity contribution < 1.29 is 14.2 Å². The minimum absolute atomic E-state index is 0.000365. The van der Waals surface area contributed by atoms with Gasteiger partial charge in [-0.05, 0) is 55.9 Å². The predicted octanol–water partition coefficient (Wildman–Crippen LogP) is 3.54. The molecule has 114 valence electrons. The maximum absolute atomic E-state index is 5.87. The molecule has 20 heavy (non-hydrogen) atoms. The van der Waals surface area contributed by atoms with Crippen LogP contribution < -0.4 is 14.8 Å². The quantitative estimate of drug-likeness (QED) is 0.820. The highest BCUT2D eigenvalue weighted by Crippen LogP contribution is 2.42. The van der Waals surface area contributed by atoms with Crippen molar-refractivity contribution >= 4 is 15.9 Å². The molecule has 4 nitrogen and oxygen atoms in total. The first-order chi connectivity index (χ1) is 9.42. The van der Waals surface area contributed by atoms with Crippen molar-refractivity contribution in [2.45, 2.75) is 32.4 Å². The molecule has 0 radical (unpaired) electrons. The molecular formula is C15H24BrNO3. The number of hydrogen-bond acceptors (Lipinski definition) is 4. The van der Waals surface area contributed by atoms with Gasteiger partial charge in [0.25, 0.3) is 0 Å². The zero-order valence-electron chi connectivity index (χ0n) is 13.0. The van der Waals surface area contributed by atoms with Crippen LogP contribution in [0.1, 0.15) is 32.4 Å². The molecule has 0 saturated carbocycles. The standard InChI is InChI=1S/C15H24BrNO3/c1-7-20-15(2,3)14(17-4)10-8-9-11(18-5)12(16)13(10)19-6/h8-9,14,17H,7H2,1-6H3. The van der Waals surface area contributed by atoms with E-state index in [-0.39, 0.29) is 11.6 Å². The highest BCUT2D eigenvalue weighted by atomic mass is 79.9. The molecule has 0 aliphatic heterocycles. The Morgan fingerprint density at radius 1 is 1.25 bits per heavy atom. The highest BCUT2D eigenvalue weighted by molar-refractivity contribution is 9.10. The maximum Gasteiger partial charge on any atom is 0.141 e. The molecular weight excluding hydrogens is 322 g/mol. The van der Waals surface area contributed by atoms with Gasteiger partial charge < -0.3 is 19.5 Å². The van der Waals surface area contributed by atoms with Crippen LogP contribution in [0.25, 0.3) is 0 Å². The molecule has 0 saturated heterocycles. The van der Waals surface area contributed by atoms with E-state index < -0.39 is 0 Å². The second kappa shape index (κ2) is 7.29. The van der Waals surface area contributed by atoms with Gasteiger partial charge in [-0.1, -0.05) is 0 Å². The summed E-state index contributed by atoms with van der Waals surface area (Å²) in [6, 6.07) is 3.93. The molecule has 1 atom stereocenters. The average molecular weight is 346 g/mol. The summed E-state index contributed by atoms with van der Waals surface area (Å²) in [5.74, 6) is 1.51. The van der Waals surface area contributed by atoms with E-state index in [0.717, 1.165) is 21.5 Å². The topological polar surface area (TPSA) is 39.7 Å². The molecule has 0 bridgehead atoms. The lowest BCUT2D eigenvalue weighted by Gasteiger charge is -2.35. The van der Waals surface area contributed by atoms with E-state index in [9.17, 15) is 0 Å². The second-order valence-corrected chi connectivity index (χ2v) is 5.76. The van der Waals surface area contributed by atoms with Crippen LogP contribution in [-0.2, 0) is 4.74 Å². The molecule has 0 heterocycles. The van der Waals surface area contributed by atoms with Crippen molar-refractivity contribution in [2.24, 2.45) is 0 Å². The van der Waals surface area contributed by atoms with Gasteiger partial charge in [0.15, 0.2) is 0 Å². The summed E-state index contributed by atoms with van der Waals surface area (Å²) in [6.45, 7) is 6.78. The number of rotatable bonds is 7. The van der Waals surface area contributed by atoms with Gasteiger partial charge in [0.1, 0.15) is 16.0 Å². The molecule has 0 aromatic heterocycles. The Bertz CT molecular complexity index is 449. The van der Waals surface area contributed by atoms with E-state index in [1.807, 2.05) is 26.1 Å². The summed E-state index contributed by atoms with van der Waals surface area (Å²) in [7, 11) is 5.21. The maximum atomic E-state index is 5.87. The lowest BCUT2D eigenvalue weighted by Crippen LogP contribution is -2.40. The van der Waals surface area contributed by atoms with Crippen LogP contribution in [0.2, 0.25) is 0 Å². The number of methoxy groups -OCH3 is 2. The number of nitrogens with one attached hydrogen (secondary N) is 1. The summed E-state index contributed by atoms with van der Waals surface area (Å²) in [4.78, 5) is 0. The molecule has 0 spiro atoms. The van der Waals surface area contributed by atoms with E-state index in [0.29, 0.717) is 6.61 Å². The minimum atomic E-state index is -0.356. The third-order valence-electron chi connectivity index (χ3n) is 3.33.